The molecule has 53 heavy (non-hydrogen) atoms. The molecule has 5 saturated carbocycles. The van der Waals surface area contributed by atoms with Crippen molar-refractivity contribution in [1.29, 1.82) is 0 Å². The van der Waals surface area contributed by atoms with Crippen LogP contribution in [-0.2, 0) is 23.7 Å². The van der Waals surface area contributed by atoms with Gasteiger partial charge in [0.1, 0.15) is 36.6 Å². The Bertz CT molecular complexity index is 1410. The lowest BCUT2D eigenvalue weighted by atomic mass is 9.32. The van der Waals surface area contributed by atoms with Crippen molar-refractivity contribution in [2.24, 2.45) is 56.7 Å². The van der Waals surface area contributed by atoms with Gasteiger partial charge in [-0.1, -0.05) is 39.8 Å². The van der Waals surface area contributed by atoms with E-state index in [9.17, 15) is 40.5 Å². The summed E-state index contributed by atoms with van der Waals surface area (Å²) >= 11 is 0. The van der Waals surface area contributed by atoms with E-state index in [-0.39, 0.29) is 47.2 Å². The topological polar surface area (TPSA) is 196 Å². The summed E-state index contributed by atoms with van der Waals surface area (Å²) in [6, 6.07) is 0. The van der Waals surface area contributed by atoms with Gasteiger partial charge >= 0.3 is 5.97 Å². The number of aliphatic hydroxyl groups excluding tert-OH is 6. The zero-order valence-corrected chi connectivity index (χ0v) is 32.5. The minimum atomic E-state index is -1.62. The quantitative estimate of drug-likeness (QED) is 0.148. The lowest BCUT2D eigenvalue weighted by Gasteiger charge is -2.73. The summed E-state index contributed by atoms with van der Waals surface area (Å²) in [5.74, 6) is 0.490. The zero-order chi connectivity index (χ0) is 38.6. The average Bonchev–Trinajstić information content (AvgIpc) is 3.52. The van der Waals surface area contributed by atoms with Crippen molar-refractivity contribution in [3.05, 3.63) is 12.2 Å². The number of fused-ring (bicyclic) bond motifs is 7. The number of allylic oxidation sites excluding steroid dienone is 1. The molecule has 2 heterocycles. The highest BCUT2D eigenvalue weighted by Crippen LogP contribution is 2.77. The van der Waals surface area contributed by atoms with Gasteiger partial charge in [0.05, 0.1) is 30.8 Å². The van der Waals surface area contributed by atoms with Gasteiger partial charge in [0.2, 0.25) is 0 Å². The first-order valence-corrected chi connectivity index (χ1v) is 20.3. The minimum Gasteiger partial charge on any atom is -0.481 e. The second-order valence-corrected chi connectivity index (χ2v) is 19.5. The van der Waals surface area contributed by atoms with E-state index in [0.29, 0.717) is 24.7 Å². The standard InChI is InChI=1S/C41H66O12/c1-20(2)22-10-15-41(36(48)49)17-16-39(6)23(28(22)41)8-9-26-37(4)13-12-27(38(5,19-42)25(37)11-14-40(26,39)7)52-35-33(30(45)24(43)18-50-35)53-34-32(47)31(46)29(44)21(3)51-34/h21-35,42-47H,1,8-19H2,2-7H3,(H,48,49)/t21-,22-,23?,24-,25+,26+,27-,28+,29-,30-,31+,32+,33+,34-,35-,37-,38-,39+,40+,41-/m0/s1. The van der Waals surface area contributed by atoms with Gasteiger partial charge in [0.25, 0.3) is 0 Å². The summed E-state index contributed by atoms with van der Waals surface area (Å²) < 4.78 is 24.3. The summed E-state index contributed by atoms with van der Waals surface area (Å²) in [5, 5.41) is 74.9. The van der Waals surface area contributed by atoms with Crippen molar-refractivity contribution < 1.29 is 59.5 Å². The summed E-state index contributed by atoms with van der Waals surface area (Å²) in [6.07, 6.45) is -3.90. The fourth-order valence-corrected chi connectivity index (χ4v) is 14.2. The molecule has 302 valence electrons. The molecule has 2 saturated heterocycles. The van der Waals surface area contributed by atoms with Crippen LogP contribution in [0.1, 0.15) is 106 Å². The maximum absolute atomic E-state index is 13.0. The largest absolute Gasteiger partial charge is 0.481 e. The average molecular weight is 751 g/mol. The molecule has 12 nitrogen and oxygen atoms in total. The molecule has 1 unspecified atom stereocenters. The molecule has 0 amide bonds. The monoisotopic (exact) mass is 750 g/mol. The molecule has 0 aromatic heterocycles. The van der Waals surface area contributed by atoms with Crippen LogP contribution in [0, 0.1) is 56.7 Å². The van der Waals surface area contributed by atoms with Crippen molar-refractivity contribution in [2.75, 3.05) is 13.2 Å². The molecule has 7 fully saturated rings. The van der Waals surface area contributed by atoms with E-state index in [1.807, 2.05) is 0 Å². The minimum absolute atomic E-state index is 0.0140. The fourth-order valence-electron chi connectivity index (χ4n) is 14.2. The third kappa shape index (κ3) is 5.69. The van der Waals surface area contributed by atoms with Gasteiger partial charge in [0.15, 0.2) is 12.6 Å². The SMILES string of the molecule is C=C(C)[C@@H]1CC[C@]2(C(=O)O)CC[C@]3(C)C(CC[C@@H]4[C@@]5(C)CC[C@H](O[C@@H]6OC[C@H](O)[C@H](O)[C@H]6O[C@@H]6O[C@@H](C)[C@H](O)[C@@H](O)[C@H]6O)[C@@](C)(CO)[C@@H]5CC[C@]43C)[C@@H]12. The van der Waals surface area contributed by atoms with Crippen LogP contribution in [0.3, 0.4) is 0 Å². The van der Waals surface area contributed by atoms with Crippen LogP contribution in [0.25, 0.3) is 0 Å². The van der Waals surface area contributed by atoms with Gasteiger partial charge in [0, 0.05) is 5.41 Å². The van der Waals surface area contributed by atoms with Gasteiger partial charge in [-0.25, -0.2) is 0 Å². The highest BCUT2D eigenvalue weighted by molar-refractivity contribution is 5.76. The molecule has 2 aliphatic heterocycles. The third-order valence-corrected chi connectivity index (χ3v) is 17.4. The van der Waals surface area contributed by atoms with Gasteiger partial charge in [-0.15, -0.1) is 0 Å². The van der Waals surface area contributed by atoms with Crippen molar-refractivity contribution in [3.63, 3.8) is 0 Å². The molecule has 7 N–H and O–H groups in total. The Morgan fingerprint density at radius 3 is 2.17 bits per heavy atom. The van der Waals surface area contributed by atoms with Gasteiger partial charge in [-0.2, -0.15) is 0 Å². The number of hydrogen-bond donors (Lipinski definition) is 7. The second kappa shape index (κ2) is 13.7. The Morgan fingerprint density at radius 1 is 0.792 bits per heavy atom. The first-order chi connectivity index (χ1) is 24.8. The number of rotatable bonds is 7. The van der Waals surface area contributed by atoms with E-state index in [1.54, 1.807) is 0 Å². The molecule has 0 radical (unpaired) electrons. The smallest absolute Gasteiger partial charge is 0.309 e. The van der Waals surface area contributed by atoms with Crippen molar-refractivity contribution in [3.8, 4) is 0 Å². The van der Waals surface area contributed by atoms with Crippen LogP contribution in [-0.4, -0.2) is 116 Å². The van der Waals surface area contributed by atoms with Crippen LogP contribution in [0.2, 0.25) is 0 Å². The molecule has 0 bridgehead atoms. The van der Waals surface area contributed by atoms with Gasteiger partial charge in [-0.05, 0) is 124 Å². The molecule has 5 aliphatic carbocycles. The van der Waals surface area contributed by atoms with E-state index in [1.165, 1.54) is 6.92 Å². The maximum atomic E-state index is 13.0. The first kappa shape index (κ1) is 40.0. The number of hydrogen-bond acceptors (Lipinski definition) is 11. The van der Waals surface area contributed by atoms with Crippen LogP contribution >= 0.6 is 0 Å². The Morgan fingerprint density at radius 2 is 1.51 bits per heavy atom. The molecule has 0 spiro atoms. The lowest BCUT2D eigenvalue weighted by Crippen LogP contribution is -2.68. The van der Waals surface area contributed by atoms with E-state index < -0.39 is 78.2 Å². The Hall–Kier alpha value is -1.19. The molecule has 20 atom stereocenters. The number of carboxylic acid groups (broad SMARTS) is 1. The van der Waals surface area contributed by atoms with Gasteiger partial charge in [-0.3, -0.25) is 4.79 Å². The van der Waals surface area contributed by atoms with Gasteiger partial charge < -0.3 is 54.7 Å². The zero-order valence-electron chi connectivity index (χ0n) is 32.5. The van der Waals surface area contributed by atoms with Crippen LogP contribution < -0.4 is 0 Å². The summed E-state index contributed by atoms with van der Waals surface area (Å²) in [5.41, 5.74) is -0.394. The van der Waals surface area contributed by atoms with Crippen molar-refractivity contribution in [2.45, 2.75) is 167 Å². The van der Waals surface area contributed by atoms with E-state index >= 15 is 0 Å². The van der Waals surface area contributed by atoms with Crippen LogP contribution in [0.15, 0.2) is 12.2 Å². The van der Waals surface area contributed by atoms with Crippen molar-refractivity contribution >= 4 is 5.97 Å². The lowest BCUT2D eigenvalue weighted by molar-refractivity contribution is -0.366. The van der Waals surface area contributed by atoms with E-state index in [4.69, 9.17) is 18.9 Å². The van der Waals surface area contributed by atoms with Crippen molar-refractivity contribution in [1.82, 2.24) is 0 Å². The third-order valence-electron chi connectivity index (χ3n) is 17.4. The number of carboxylic acids is 1. The first-order valence-electron chi connectivity index (χ1n) is 20.3. The number of ether oxygens (including phenoxy) is 4. The number of aliphatic hydroxyl groups is 6. The predicted molar refractivity (Wildman–Crippen MR) is 192 cm³/mol. The normalized spacial score (nSPS) is 56.7. The molecular weight excluding hydrogens is 684 g/mol. The maximum Gasteiger partial charge on any atom is 0.309 e. The Kier molecular flexibility index (Phi) is 10.4. The number of carbonyl (C=O) groups is 1. The highest BCUT2D eigenvalue weighted by atomic mass is 16.8. The highest BCUT2D eigenvalue weighted by Gasteiger charge is 2.72. The summed E-state index contributed by atoms with van der Waals surface area (Å²) in [7, 11) is 0. The van der Waals surface area contributed by atoms with E-state index in [2.05, 4.69) is 41.2 Å². The molecule has 7 aliphatic rings. The predicted octanol–water partition coefficient (Wildman–Crippen LogP) is 3.38. The molecular formula is C41H66O12. The van der Waals surface area contributed by atoms with E-state index in [0.717, 1.165) is 56.9 Å². The molecule has 0 aromatic carbocycles. The Balaban J connectivity index is 1.14. The van der Waals surface area contributed by atoms with Crippen LogP contribution in [0.4, 0.5) is 0 Å². The fraction of sp³-hybridized carbons (Fsp3) is 0.927. The summed E-state index contributed by atoms with van der Waals surface area (Å²) in [6.45, 7) is 17.1. The molecule has 7 rings (SSSR count). The second-order valence-electron chi connectivity index (χ2n) is 19.5. The molecule has 12 heteroatoms. The van der Waals surface area contributed by atoms with Crippen LogP contribution in [0.5, 0.6) is 0 Å². The summed E-state index contributed by atoms with van der Waals surface area (Å²) in [4.78, 5) is 13.0. The Labute approximate surface area is 314 Å². The number of aliphatic carboxylic acids is 1. The molecule has 0 aromatic rings.